The van der Waals surface area contributed by atoms with E-state index >= 15 is 4.39 Å². The van der Waals surface area contributed by atoms with Crippen molar-refractivity contribution in [2.45, 2.75) is 33.0 Å². The van der Waals surface area contributed by atoms with Crippen molar-refractivity contribution in [3.05, 3.63) is 82.6 Å². The number of aromatic nitrogens is 3. The van der Waals surface area contributed by atoms with E-state index in [4.69, 9.17) is 1.37 Å². The van der Waals surface area contributed by atoms with Crippen LogP contribution >= 0.6 is 0 Å². The number of hydrogen-bond acceptors (Lipinski definition) is 4. The molecule has 0 radical (unpaired) electrons. The number of carbonyl (C=O) groups is 1. The fraction of sp³-hybridized carbons (Fsp3) is 0.240. The number of carbonyl (C=O) groups excluding carboxylic acids is 1. The van der Waals surface area contributed by atoms with Crippen LogP contribution < -0.4 is 0 Å². The maximum atomic E-state index is 15.3. The molecule has 0 fully saturated rings. The fourth-order valence-electron chi connectivity index (χ4n) is 4.39. The van der Waals surface area contributed by atoms with Crippen LogP contribution in [0.4, 0.5) is 4.39 Å². The maximum Gasteiger partial charge on any atom is 0.256 e. The zero-order valence-electron chi connectivity index (χ0n) is 19.1. The molecule has 3 heterocycles. The topological polar surface area (TPSA) is 71.2 Å². The minimum Gasteiger partial charge on any atom is -0.389 e. The molecule has 1 atom stereocenters. The average molecular weight is 431 g/mol. The highest BCUT2D eigenvalue weighted by molar-refractivity contribution is 5.98. The van der Waals surface area contributed by atoms with Gasteiger partial charge < -0.3 is 10.0 Å². The van der Waals surface area contributed by atoms with Crippen molar-refractivity contribution in [1.82, 2.24) is 19.7 Å². The van der Waals surface area contributed by atoms with Gasteiger partial charge in [0.15, 0.2) is 0 Å². The highest BCUT2D eigenvalue weighted by atomic mass is 19.1. The van der Waals surface area contributed by atoms with Crippen LogP contribution in [-0.4, -0.2) is 30.7 Å². The summed E-state index contributed by atoms with van der Waals surface area (Å²) in [4.78, 5) is 18.6. The van der Waals surface area contributed by atoms with Gasteiger partial charge in [-0.3, -0.25) is 14.5 Å². The van der Waals surface area contributed by atoms with Crippen molar-refractivity contribution >= 4 is 16.8 Å². The van der Waals surface area contributed by atoms with Gasteiger partial charge in [0.25, 0.3) is 5.91 Å². The fourth-order valence-corrected chi connectivity index (χ4v) is 4.39. The lowest BCUT2D eigenvalue weighted by Crippen LogP contribution is -2.24. The molecule has 0 bridgehead atoms. The number of aliphatic hydroxyl groups is 1. The molecule has 162 valence electrons. The molecule has 6 nitrogen and oxygen atoms in total. The minimum absolute atomic E-state index is 0.143. The van der Waals surface area contributed by atoms with Crippen LogP contribution in [0.2, 0.25) is 0 Å². The third-order valence-corrected chi connectivity index (χ3v) is 6.01. The van der Waals surface area contributed by atoms with Gasteiger partial charge in [0, 0.05) is 42.5 Å². The van der Waals surface area contributed by atoms with E-state index < -0.39 is 11.9 Å². The van der Waals surface area contributed by atoms with Crippen molar-refractivity contribution in [3.63, 3.8) is 0 Å². The Morgan fingerprint density at radius 1 is 1.28 bits per heavy atom. The summed E-state index contributed by atoms with van der Waals surface area (Å²) < 4.78 is 25.0. The Bertz CT molecular complexity index is 1400. The number of pyridine rings is 1. The van der Waals surface area contributed by atoms with Crippen molar-refractivity contribution < 1.29 is 15.7 Å². The summed E-state index contributed by atoms with van der Waals surface area (Å²) in [6.45, 7) is 3.75. The smallest absolute Gasteiger partial charge is 0.256 e. The first-order chi connectivity index (χ1) is 15.6. The van der Waals surface area contributed by atoms with E-state index in [0.717, 1.165) is 16.5 Å². The van der Waals surface area contributed by atoms with Crippen LogP contribution in [0.1, 0.15) is 47.1 Å². The van der Waals surface area contributed by atoms with Crippen molar-refractivity contribution in [2.75, 3.05) is 0 Å². The number of aryl methyl sites for hydroxylation is 2. The molecule has 0 aliphatic carbocycles. The predicted molar refractivity (Wildman–Crippen MR) is 119 cm³/mol. The maximum absolute atomic E-state index is 15.3. The van der Waals surface area contributed by atoms with Crippen LogP contribution in [0.25, 0.3) is 22.0 Å². The van der Waals surface area contributed by atoms with Crippen LogP contribution in [0, 0.1) is 12.7 Å². The molecule has 2 aromatic heterocycles. The summed E-state index contributed by atoms with van der Waals surface area (Å²) in [5.74, 6) is -0.536. The Morgan fingerprint density at radius 2 is 2.09 bits per heavy atom. The molecular formula is C25H23FN4O2. The number of nitrogens with zero attached hydrogens (tertiary/aromatic N) is 4. The molecular weight excluding hydrogens is 407 g/mol. The molecule has 2 aromatic carbocycles. The molecule has 7 heteroatoms. The number of fused-ring (bicyclic) bond motifs is 2. The van der Waals surface area contributed by atoms with E-state index in [-0.39, 0.29) is 12.5 Å². The third-order valence-electron chi connectivity index (χ3n) is 6.01. The molecule has 1 aliphatic rings. The lowest BCUT2D eigenvalue weighted by molar-refractivity contribution is 0.0764. The predicted octanol–water partition coefficient (Wildman–Crippen LogP) is 4.29. The van der Waals surface area contributed by atoms with E-state index in [9.17, 15) is 9.90 Å². The average Bonchev–Trinajstić information content (AvgIpc) is 3.28. The van der Waals surface area contributed by atoms with Crippen LogP contribution in [0.15, 0.2) is 48.8 Å². The van der Waals surface area contributed by atoms with Gasteiger partial charge in [0.05, 0.1) is 30.8 Å². The Kier molecular flexibility index (Phi) is 4.50. The largest absolute Gasteiger partial charge is 0.389 e. The number of hydrogen-bond donors (Lipinski definition) is 1. The van der Waals surface area contributed by atoms with Gasteiger partial charge in [-0.15, -0.1) is 0 Å². The first-order valence-corrected chi connectivity index (χ1v) is 10.4. The Labute approximate surface area is 186 Å². The molecule has 0 saturated carbocycles. The van der Waals surface area contributed by atoms with Gasteiger partial charge in [-0.25, -0.2) is 4.39 Å². The zero-order chi connectivity index (χ0) is 23.5. The summed E-state index contributed by atoms with van der Waals surface area (Å²) in [5.41, 5.74) is 4.79. The van der Waals surface area contributed by atoms with E-state index in [2.05, 4.69) is 10.1 Å². The second-order valence-corrected chi connectivity index (χ2v) is 8.22. The van der Waals surface area contributed by atoms with E-state index in [1.54, 1.807) is 53.3 Å². The molecule has 5 rings (SSSR count). The highest BCUT2D eigenvalue weighted by Crippen LogP contribution is 2.35. The molecule has 32 heavy (non-hydrogen) atoms. The van der Waals surface area contributed by atoms with Crippen molar-refractivity contribution in [3.8, 4) is 11.1 Å². The molecule has 0 saturated heterocycles. The Morgan fingerprint density at radius 3 is 2.81 bits per heavy atom. The van der Waals surface area contributed by atoms with Crippen molar-refractivity contribution in [1.29, 1.82) is 0 Å². The summed E-state index contributed by atoms with van der Waals surface area (Å²) >= 11 is 0. The van der Waals surface area contributed by atoms with Crippen molar-refractivity contribution in [2.24, 2.45) is 7.05 Å². The van der Waals surface area contributed by atoms with E-state index in [1.807, 2.05) is 13.0 Å². The number of halogens is 1. The first kappa shape index (κ1) is 19.1. The Hall–Kier alpha value is -3.58. The molecule has 0 spiro atoms. The molecule has 4 aromatic rings. The summed E-state index contributed by atoms with van der Waals surface area (Å²) in [7, 11) is 1.76. The second kappa shape index (κ2) is 7.53. The second-order valence-electron chi connectivity index (χ2n) is 8.22. The van der Waals surface area contributed by atoms with Crippen LogP contribution in [-0.2, 0) is 20.1 Å². The van der Waals surface area contributed by atoms with Gasteiger partial charge in [-0.1, -0.05) is 18.2 Å². The van der Waals surface area contributed by atoms with Gasteiger partial charge in [-0.05, 0) is 48.7 Å². The van der Waals surface area contributed by atoms with E-state index in [0.29, 0.717) is 40.0 Å². The standard InChI is InChI=1S/C25H23FN4O2/c1-14-9-16(18-7-6-17(15(2)31)24-21(18)11-29(3)28-24)10-22(26)20(14)12-30-13-23-19(25(30)32)5-4-8-27-23/h4-11,15,31H,12-13H2,1-3H3/i15D. The SMILES string of the molecule is [2H]C(C)(O)c1ccc(-c2cc(C)c(CN3Cc4ncccc4C3=O)c(F)c2)c2cn(C)nc12. The summed E-state index contributed by atoms with van der Waals surface area (Å²) in [6, 6.07) is 10.3. The monoisotopic (exact) mass is 431 g/mol. The van der Waals surface area contributed by atoms with Gasteiger partial charge in [0.1, 0.15) is 5.82 Å². The number of benzene rings is 2. The Balaban J connectivity index is 1.53. The molecule has 1 unspecified atom stereocenters. The van der Waals surface area contributed by atoms with E-state index in [1.165, 1.54) is 13.0 Å². The lowest BCUT2D eigenvalue weighted by atomic mass is 9.94. The van der Waals surface area contributed by atoms with Gasteiger partial charge in [-0.2, -0.15) is 5.10 Å². The van der Waals surface area contributed by atoms with Gasteiger partial charge >= 0.3 is 0 Å². The highest BCUT2D eigenvalue weighted by Gasteiger charge is 2.29. The summed E-state index contributed by atoms with van der Waals surface area (Å²) in [5, 5.41) is 15.4. The number of rotatable bonds is 4. The molecule has 1 aliphatic heterocycles. The number of amides is 1. The van der Waals surface area contributed by atoms with Crippen LogP contribution in [0.3, 0.4) is 0 Å². The first-order valence-electron chi connectivity index (χ1n) is 10.9. The quantitative estimate of drug-likeness (QED) is 0.523. The molecule has 1 N–H and O–H groups in total. The van der Waals surface area contributed by atoms with Crippen LogP contribution in [0.5, 0.6) is 0 Å². The zero-order valence-corrected chi connectivity index (χ0v) is 18.1. The lowest BCUT2D eigenvalue weighted by Gasteiger charge is -2.19. The third kappa shape index (κ3) is 3.26. The van der Waals surface area contributed by atoms with Gasteiger partial charge in [0.2, 0.25) is 0 Å². The normalized spacial score (nSPS) is 15.7. The minimum atomic E-state index is -1.80. The molecule has 1 amide bonds. The summed E-state index contributed by atoms with van der Waals surface area (Å²) in [6.07, 6.45) is 1.65.